The number of hydrogen-bond donors (Lipinski definition) is 1. The standard InChI is InChI=1S/C15H11NO4/c16-7-11-5-10(8-17)1-3-13(11)20-12-2-4-14-15(6-12)19-9-18-14/h1-6,17H,8-9H2. The second kappa shape index (κ2) is 5.11. The Labute approximate surface area is 115 Å². The third-order valence-corrected chi connectivity index (χ3v) is 2.92. The van der Waals surface area contributed by atoms with Gasteiger partial charge in [0.05, 0.1) is 12.2 Å². The summed E-state index contributed by atoms with van der Waals surface area (Å²) in [5.74, 6) is 2.28. The molecule has 1 heterocycles. The number of fused-ring (bicyclic) bond motifs is 1. The van der Waals surface area contributed by atoms with Gasteiger partial charge in [0.25, 0.3) is 0 Å². The van der Waals surface area contributed by atoms with E-state index in [1.165, 1.54) is 0 Å². The Morgan fingerprint density at radius 1 is 1.15 bits per heavy atom. The Hall–Kier alpha value is -2.71. The molecule has 0 unspecified atom stereocenters. The number of benzene rings is 2. The topological polar surface area (TPSA) is 71.7 Å². The van der Waals surface area contributed by atoms with Gasteiger partial charge >= 0.3 is 0 Å². The van der Waals surface area contributed by atoms with Crippen LogP contribution >= 0.6 is 0 Å². The van der Waals surface area contributed by atoms with Gasteiger partial charge in [-0.2, -0.15) is 5.26 Å². The van der Waals surface area contributed by atoms with Crippen LogP contribution in [0.2, 0.25) is 0 Å². The molecule has 2 aromatic rings. The fraction of sp³-hybridized carbons (Fsp3) is 0.133. The van der Waals surface area contributed by atoms with Crippen molar-refractivity contribution in [3.8, 4) is 29.1 Å². The third-order valence-electron chi connectivity index (χ3n) is 2.92. The lowest BCUT2D eigenvalue weighted by molar-refractivity contribution is 0.174. The van der Waals surface area contributed by atoms with Crippen molar-refractivity contribution in [2.75, 3.05) is 6.79 Å². The van der Waals surface area contributed by atoms with Crippen molar-refractivity contribution in [1.29, 1.82) is 5.26 Å². The minimum atomic E-state index is -0.112. The molecule has 0 spiro atoms. The van der Waals surface area contributed by atoms with Crippen LogP contribution in [-0.2, 0) is 6.61 Å². The highest BCUT2D eigenvalue weighted by Crippen LogP contribution is 2.37. The largest absolute Gasteiger partial charge is 0.456 e. The number of aliphatic hydroxyl groups is 1. The highest BCUT2D eigenvalue weighted by molar-refractivity contribution is 5.51. The minimum Gasteiger partial charge on any atom is -0.456 e. The van der Waals surface area contributed by atoms with E-state index >= 15 is 0 Å². The van der Waals surface area contributed by atoms with E-state index in [4.69, 9.17) is 24.6 Å². The predicted molar refractivity (Wildman–Crippen MR) is 69.7 cm³/mol. The number of aliphatic hydroxyl groups excluding tert-OH is 1. The van der Waals surface area contributed by atoms with Crippen molar-refractivity contribution in [2.45, 2.75) is 6.61 Å². The van der Waals surface area contributed by atoms with E-state index in [0.29, 0.717) is 34.1 Å². The summed E-state index contributed by atoms with van der Waals surface area (Å²) in [6, 6.07) is 12.2. The highest BCUT2D eigenvalue weighted by Gasteiger charge is 2.14. The minimum absolute atomic E-state index is 0.112. The molecule has 1 aliphatic rings. The summed E-state index contributed by atoms with van der Waals surface area (Å²) in [7, 11) is 0. The molecule has 0 aliphatic carbocycles. The highest BCUT2D eigenvalue weighted by atomic mass is 16.7. The van der Waals surface area contributed by atoms with Crippen molar-refractivity contribution in [2.24, 2.45) is 0 Å². The summed E-state index contributed by atoms with van der Waals surface area (Å²) in [5.41, 5.74) is 1.04. The van der Waals surface area contributed by atoms with Gasteiger partial charge in [-0.1, -0.05) is 6.07 Å². The molecule has 0 radical (unpaired) electrons. The van der Waals surface area contributed by atoms with Crippen LogP contribution < -0.4 is 14.2 Å². The molecule has 0 aromatic heterocycles. The van der Waals surface area contributed by atoms with Gasteiger partial charge in [0.15, 0.2) is 11.5 Å². The number of rotatable bonds is 3. The van der Waals surface area contributed by atoms with Crippen LogP contribution in [0.5, 0.6) is 23.0 Å². The van der Waals surface area contributed by atoms with Crippen molar-refractivity contribution >= 4 is 0 Å². The van der Waals surface area contributed by atoms with Gasteiger partial charge in [-0.05, 0) is 29.8 Å². The zero-order valence-corrected chi connectivity index (χ0v) is 10.5. The van der Waals surface area contributed by atoms with Crippen molar-refractivity contribution in [3.63, 3.8) is 0 Å². The zero-order chi connectivity index (χ0) is 13.9. The lowest BCUT2D eigenvalue weighted by atomic mass is 10.1. The fourth-order valence-corrected chi connectivity index (χ4v) is 1.92. The maximum atomic E-state index is 9.11. The Balaban J connectivity index is 1.90. The summed E-state index contributed by atoms with van der Waals surface area (Å²) in [6.45, 7) is 0.0897. The van der Waals surface area contributed by atoms with Crippen molar-refractivity contribution in [1.82, 2.24) is 0 Å². The van der Waals surface area contributed by atoms with Crippen LogP contribution in [0.15, 0.2) is 36.4 Å². The van der Waals surface area contributed by atoms with Gasteiger partial charge in [0.1, 0.15) is 17.6 Å². The quantitative estimate of drug-likeness (QED) is 0.927. The number of nitrogens with zero attached hydrogens (tertiary/aromatic N) is 1. The Morgan fingerprint density at radius 3 is 2.80 bits per heavy atom. The van der Waals surface area contributed by atoms with Crippen LogP contribution in [0.1, 0.15) is 11.1 Å². The summed E-state index contributed by atoms with van der Waals surface area (Å²) in [4.78, 5) is 0. The molecule has 5 heteroatoms. The van der Waals surface area contributed by atoms with E-state index in [1.807, 2.05) is 0 Å². The van der Waals surface area contributed by atoms with E-state index in [0.717, 1.165) is 0 Å². The Bertz CT molecular complexity index is 691. The molecule has 20 heavy (non-hydrogen) atoms. The van der Waals surface area contributed by atoms with Crippen molar-refractivity contribution in [3.05, 3.63) is 47.5 Å². The molecule has 0 saturated carbocycles. The molecular formula is C15H11NO4. The molecule has 3 rings (SSSR count). The summed E-state index contributed by atoms with van der Waals surface area (Å²) in [6.07, 6.45) is 0. The molecule has 5 nitrogen and oxygen atoms in total. The molecule has 1 N–H and O–H groups in total. The van der Waals surface area contributed by atoms with E-state index in [2.05, 4.69) is 6.07 Å². The molecule has 0 fully saturated rings. The molecule has 2 aromatic carbocycles. The molecule has 0 atom stereocenters. The average molecular weight is 269 g/mol. The lowest BCUT2D eigenvalue weighted by Gasteiger charge is -2.09. The van der Waals surface area contributed by atoms with E-state index in [-0.39, 0.29) is 13.4 Å². The third kappa shape index (κ3) is 2.25. The molecule has 100 valence electrons. The first-order valence-corrected chi connectivity index (χ1v) is 6.01. The monoisotopic (exact) mass is 269 g/mol. The Kier molecular flexibility index (Phi) is 3.15. The van der Waals surface area contributed by atoms with Gasteiger partial charge in [0.2, 0.25) is 6.79 Å². The smallest absolute Gasteiger partial charge is 0.231 e. The average Bonchev–Trinajstić information content (AvgIpc) is 2.95. The van der Waals surface area contributed by atoms with Gasteiger partial charge < -0.3 is 19.3 Å². The summed E-state index contributed by atoms with van der Waals surface area (Å²) >= 11 is 0. The van der Waals surface area contributed by atoms with Gasteiger partial charge in [-0.3, -0.25) is 0 Å². The van der Waals surface area contributed by atoms with Crippen LogP contribution in [0.3, 0.4) is 0 Å². The number of nitriles is 1. The number of ether oxygens (including phenoxy) is 3. The number of hydrogen-bond acceptors (Lipinski definition) is 5. The van der Waals surface area contributed by atoms with E-state index in [1.54, 1.807) is 36.4 Å². The molecule has 0 saturated heterocycles. The van der Waals surface area contributed by atoms with Crippen LogP contribution in [0.25, 0.3) is 0 Å². The van der Waals surface area contributed by atoms with Crippen LogP contribution in [0, 0.1) is 11.3 Å². The first kappa shape index (κ1) is 12.3. The molecule has 0 amide bonds. The van der Waals surface area contributed by atoms with Gasteiger partial charge in [-0.15, -0.1) is 0 Å². The first-order valence-electron chi connectivity index (χ1n) is 6.01. The summed E-state index contributed by atoms with van der Waals surface area (Å²) < 4.78 is 16.2. The summed E-state index contributed by atoms with van der Waals surface area (Å²) in [5, 5.41) is 18.2. The normalized spacial score (nSPS) is 12.0. The SMILES string of the molecule is N#Cc1cc(CO)ccc1Oc1ccc2c(c1)OCO2. The maximum Gasteiger partial charge on any atom is 0.231 e. The zero-order valence-electron chi connectivity index (χ0n) is 10.5. The second-order valence-electron chi connectivity index (χ2n) is 4.22. The van der Waals surface area contributed by atoms with Gasteiger partial charge in [0, 0.05) is 6.07 Å². The predicted octanol–water partition coefficient (Wildman–Crippen LogP) is 2.57. The molecule has 0 bridgehead atoms. The fourth-order valence-electron chi connectivity index (χ4n) is 1.92. The Morgan fingerprint density at radius 2 is 2.00 bits per heavy atom. The molecule has 1 aliphatic heterocycles. The van der Waals surface area contributed by atoms with Crippen LogP contribution in [-0.4, -0.2) is 11.9 Å². The van der Waals surface area contributed by atoms with E-state index < -0.39 is 0 Å². The van der Waals surface area contributed by atoms with Gasteiger partial charge in [-0.25, -0.2) is 0 Å². The second-order valence-corrected chi connectivity index (χ2v) is 4.22. The van der Waals surface area contributed by atoms with Crippen LogP contribution in [0.4, 0.5) is 0 Å². The maximum absolute atomic E-state index is 9.11. The van der Waals surface area contributed by atoms with E-state index in [9.17, 15) is 0 Å². The first-order chi connectivity index (χ1) is 9.80. The molecular weight excluding hydrogens is 258 g/mol. The lowest BCUT2D eigenvalue weighted by Crippen LogP contribution is -1.93. The van der Waals surface area contributed by atoms with Crippen molar-refractivity contribution < 1.29 is 19.3 Å².